The van der Waals surface area contributed by atoms with E-state index in [1.54, 1.807) is 49.6 Å². The number of benzene rings is 2. The number of amides is 1. The van der Waals surface area contributed by atoms with Gasteiger partial charge in [-0.2, -0.15) is 0 Å². The van der Waals surface area contributed by atoms with Crippen LogP contribution in [-0.4, -0.2) is 30.3 Å². The molecule has 0 aliphatic carbocycles. The minimum absolute atomic E-state index is 0.0481. The number of methoxy groups -OCH3 is 2. The molecule has 0 unspecified atom stereocenters. The minimum Gasteiger partial charge on any atom is -0.493 e. The van der Waals surface area contributed by atoms with E-state index < -0.39 is 5.91 Å². The molecule has 1 aromatic heterocycles. The van der Waals surface area contributed by atoms with Crippen LogP contribution in [0.25, 0.3) is 17.5 Å². The van der Waals surface area contributed by atoms with Crippen molar-refractivity contribution in [3.8, 4) is 23.0 Å². The van der Waals surface area contributed by atoms with Gasteiger partial charge in [-0.15, -0.1) is 5.10 Å². The van der Waals surface area contributed by atoms with Crippen LogP contribution in [0.15, 0.2) is 46.9 Å². The van der Waals surface area contributed by atoms with Gasteiger partial charge in [0.2, 0.25) is 5.89 Å². The third-order valence-electron chi connectivity index (χ3n) is 3.60. The molecule has 0 saturated heterocycles. The Hall–Kier alpha value is -3.03. The number of nitrogens with one attached hydrogen (secondary N) is 1. The topological polar surface area (TPSA) is 86.5 Å². The second-order valence-corrected chi connectivity index (χ2v) is 6.38. The maximum atomic E-state index is 12.1. The largest absolute Gasteiger partial charge is 0.493 e. The molecule has 28 heavy (non-hydrogen) atoms. The summed E-state index contributed by atoms with van der Waals surface area (Å²) in [6.45, 7) is 0. The quantitative estimate of drug-likeness (QED) is 0.582. The minimum atomic E-state index is -0.436. The number of aromatic nitrogens is 2. The predicted molar refractivity (Wildman–Crippen MR) is 107 cm³/mol. The van der Waals surface area contributed by atoms with Crippen molar-refractivity contribution >= 4 is 41.2 Å². The van der Waals surface area contributed by atoms with Crippen LogP contribution in [0.3, 0.4) is 0 Å². The van der Waals surface area contributed by atoms with Crippen LogP contribution in [0.2, 0.25) is 10.0 Å². The van der Waals surface area contributed by atoms with Gasteiger partial charge in [-0.05, 0) is 42.0 Å². The number of hydrogen-bond acceptors (Lipinski definition) is 6. The summed E-state index contributed by atoms with van der Waals surface area (Å²) in [5, 5.41) is 11.0. The number of halogens is 2. The number of anilines is 1. The molecular formula is C19H15Cl2N3O4. The maximum absolute atomic E-state index is 12.1. The van der Waals surface area contributed by atoms with Gasteiger partial charge in [-0.25, -0.2) is 0 Å². The molecule has 0 aliphatic rings. The number of nitrogens with zero attached hydrogens (tertiary/aromatic N) is 2. The van der Waals surface area contributed by atoms with E-state index in [4.69, 9.17) is 37.1 Å². The van der Waals surface area contributed by atoms with E-state index in [1.165, 1.54) is 13.2 Å². The highest BCUT2D eigenvalue weighted by molar-refractivity contribution is 6.35. The van der Waals surface area contributed by atoms with Crippen molar-refractivity contribution in [1.82, 2.24) is 10.2 Å². The summed E-state index contributed by atoms with van der Waals surface area (Å²) in [5.41, 5.74) is 1.30. The van der Waals surface area contributed by atoms with Gasteiger partial charge in [-0.1, -0.05) is 34.4 Å². The maximum Gasteiger partial charge on any atom is 0.322 e. The van der Waals surface area contributed by atoms with Gasteiger partial charge in [-0.3, -0.25) is 10.1 Å². The molecule has 0 spiro atoms. The second kappa shape index (κ2) is 8.77. The molecular weight excluding hydrogens is 405 g/mol. The van der Waals surface area contributed by atoms with Gasteiger partial charge < -0.3 is 13.9 Å². The Kier molecular flexibility index (Phi) is 6.18. The van der Waals surface area contributed by atoms with E-state index in [-0.39, 0.29) is 11.9 Å². The van der Waals surface area contributed by atoms with Gasteiger partial charge in [0.25, 0.3) is 5.91 Å². The third kappa shape index (κ3) is 4.82. The molecule has 144 valence electrons. The Bertz CT molecular complexity index is 1010. The molecule has 2 aromatic carbocycles. The number of ether oxygens (including phenoxy) is 2. The first-order chi connectivity index (χ1) is 13.5. The molecule has 0 saturated carbocycles. The molecule has 7 nitrogen and oxygen atoms in total. The smallest absolute Gasteiger partial charge is 0.322 e. The first kappa shape index (κ1) is 19.7. The van der Waals surface area contributed by atoms with Gasteiger partial charge in [0, 0.05) is 21.7 Å². The molecule has 0 aliphatic heterocycles. The van der Waals surface area contributed by atoms with Crippen LogP contribution in [0, 0.1) is 0 Å². The molecule has 9 heteroatoms. The Morgan fingerprint density at radius 2 is 1.75 bits per heavy atom. The van der Waals surface area contributed by atoms with Gasteiger partial charge in [0.1, 0.15) is 0 Å². The monoisotopic (exact) mass is 419 g/mol. The summed E-state index contributed by atoms with van der Waals surface area (Å²) in [6, 6.07) is 10.1. The van der Waals surface area contributed by atoms with Crippen molar-refractivity contribution in [2.45, 2.75) is 0 Å². The molecule has 0 atom stereocenters. The summed E-state index contributed by atoms with van der Waals surface area (Å²) >= 11 is 11.9. The highest BCUT2D eigenvalue weighted by Gasteiger charge is 2.11. The highest BCUT2D eigenvalue weighted by Crippen LogP contribution is 2.28. The number of carbonyl (C=O) groups is 1. The van der Waals surface area contributed by atoms with E-state index in [0.29, 0.717) is 27.1 Å². The lowest BCUT2D eigenvalue weighted by molar-refractivity contribution is -0.112. The van der Waals surface area contributed by atoms with Crippen molar-refractivity contribution in [2.24, 2.45) is 0 Å². The normalized spacial score (nSPS) is 10.9. The number of carbonyl (C=O) groups excluding carboxylic acids is 1. The van der Waals surface area contributed by atoms with Crippen LogP contribution in [-0.2, 0) is 4.79 Å². The zero-order valence-electron chi connectivity index (χ0n) is 14.9. The Balaban J connectivity index is 1.68. The van der Waals surface area contributed by atoms with E-state index in [1.807, 2.05) is 0 Å². The van der Waals surface area contributed by atoms with Gasteiger partial charge in [0.05, 0.1) is 14.2 Å². The van der Waals surface area contributed by atoms with Crippen LogP contribution in [0.4, 0.5) is 6.01 Å². The summed E-state index contributed by atoms with van der Waals surface area (Å²) < 4.78 is 15.8. The summed E-state index contributed by atoms with van der Waals surface area (Å²) in [6.07, 6.45) is 2.95. The molecule has 0 radical (unpaired) electrons. The zero-order chi connectivity index (χ0) is 20.1. The van der Waals surface area contributed by atoms with Gasteiger partial charge in [0.15, 0.2) is 11.5 Å². The van der Waals surface area contributed by atoms with Crippen molar-refractivity contribution in [2.75, 3.05) is 19.5 Å². The Morgan fingerprint density at radius 3 is 2.43 bits per heavy atom. The molecule has 1 N–H and O–H groups in total. The average molecular weight is 420 g/mol. The molecule has 1 heterocycles. The lowest BCUT2D eigenvalue weighted by Crippen LogP contribution is -2.07. The standard InChI is InChI=1S/C19H15Cl2N3O4/c1-26-15-5-3-11(7-16(15)27-2)4-6-17(25)22-19-24-23-18(28-19)12-8-13(20)10-14(21)9-12/h3-10H,1-2H3,(H,22,24,25)/b6-4+. The molecule has 1 amide bonds. The summed E-state index contributed by atoms with van der Waals surface area (Å²) in [4.78, 5) is 12.1. The fraction of sp³-hybridized carbons (Fsp3) is 0.105. The molecule has 0 bridgehead atoms. The van der Waals surface area contributed by atoms with Crippen molar-refractivity contribution < 1.29 is 18.7 Å². The average Bonchev–Trinajstić information content (AvgIpc) is 3.13. The van der Waals surface area contributed by atoms with Crippen LogP contribution in [0.5, 0.6) is 11.5 Å². The SMILES string of the molecule is COc1ccc(/C=C/C(=O)Nc2nnc(-c3cc(Cl)cc(Cl)c3)o2)cc1OC. The fourth-order valence-electron chi connectivity index (χ4n) is 2.34. The van der Waals surface area contributed by atoms with E-state index in [2.05, 4.69) is 15.5 Å². The van der Waals surface area contributed by atoms with E-state index in [9.17, 15) is 4.79 Å². The number of rotatable bonds is 6. The van der Waals surface area contributed by atoms with E-state index >= 15 is 0 Å². The molecule has 0 fully saturated rings. The lowest BCUT2D eigenvalue weighted by atomic mass is 10.2. The molecule has 3 rings (SSSR count). The van der Waals surface area contributed by atoms with Crippen molar-refractivity contribution in [3.05, 3.63) is 58.1 Å². The summed E-state index contributed by atoms with van der Waals surface area (Å²) in [5.74, 6) is 0.910. The van der Waals surface area contributed by atoms with Crippen LogP contribution >= 0.6 is 23.2 Å². The molecule has 3 aromatic rings. The van der Waals surface area contributed by atoms with Crippen LogP contribution < -0.4 is 14.8 Å². The lowest BCUT2D eigenvalue weighted by Gasteiger charge is -2.07. The second-order valence-electron chi connectivity index (χ2n) is 5.51. The van der Waals surface area contributed by atoms with Crippen LogP contribution in [0.1, 0.15) is 5.56 Å². The first-order valence-corrected chi connectivity index (χ1v) is 8.75. The van der Waals surface area contributed by atoms with Crippen molar-refractivity contribution in [1.29, 1.82) is 0 Å². The van der Waals surface area contributed by atoms with Gasteiger partial charge >= 0.3 is 6.01 Å². The van der Waals surface area contributed by atoms with Crippen molar-refractivity contribution in [3.63, 3.8) is 0 Å². The highest BCUT2D eigenvalue weighted by atomic mass is 35.5. The fourth-order valence-corrected chi connectivity index (χ4v) is 2.87. The zero-order valence-corrected chi connectivity index (χ0v) is 16.4. The summed E-state index contributed by atoms with van der Waals surface area (Å²) in [7, 11) is 3.09. The Morgan fingerprint density at radius 1 is 1.04 bits per heavy atom. The first-order valence-electron chi connectivity index (χ1n) is 7.99. The van der Waals surface area contributed by atoms with E-state index in [0.717, 1.165) is 5.56 Å². The Labute approximate surface area is 170 Å². The third-order valence-corrected chi connectivity index (χ3v) is 4.04. The predicted octanol–water partition coefficient (Wildman–Crippen LogP) is 4.71. The number of hydrogen-bond donors (Lipinski definition) is 1.